The van der Waals surface area contributed by atoms with Gasteiger partial charge < -0.3 is 14.9 Å². The molecule has 0 spiro atoms. The Labute approximate surface area is 118 Å². The average Bonchev–Trinajstić information content (AvgIpc) is 2.65. The first-order chi connectivity index (χ1) is 9.21. The van der Waals surface area contributed by atoms with E-state index in [1.54, 1.807) is 20.8 Å². The van der Waals surface area contributed by atoms with Crippen LogP contribution in [0.15, 0.2) is 0 Å². The number of terminal acetylenes is 1. The summed E-state index contributed by atoms with van der Waals surface area (Å²) < 4.78 is 5.21. The first kappa shape index (κ1) is 16.5. The Morgan fingerprint density at radius 2 is 2.05 bits per heavy atom. The molecule has 112 valence electrons. The Balaban J connectivity index is 2.94. The number of carbonyl (C=O) groups is 2. The summed E-state index contributed by atoms with van der Waals surface area (Å²) in [6.07, 6.45) is 3.69. The number of aliphatic hydroxyl groups excluding tert-OH is 2. The van der Waals surface area contributed by atoms with Crippen LogP contribution in [0.1, 0.15) is 27.2 Å². The number of nitrogens with zero attached hydrogens (tertiary/aromatic N) is 1. The highest BCUT2D eigenvalue weighted by molar-refractivity contribution is 5.89. The predicted molar refractivity (Wildman–Crippen MR) is 71.8 cm³/mol. The summed E-state index contributed by atoms with van der Waals surface area (Å²) in [7, 11) is 0. The van der Waals surface area contributed by atoms with E-state index in [4.69, 9.17) is 16.3 Å². The number of rotatable bonds is 3. The molecule has 1 aliphatic heterocycles. The molecule has 2 N–H and O–H groups in total. The van der Waals surface area contributed by atoms with Gasteiger partial charge in [-0.15, -0.1) is 12.3 Å². The van der Waals surface area contributed by atoms with Gasteiger partial charge in [0.2, 0.25) is 0 Å². The normalized spacial score (nSPS) is 26.2. The van der Waals surface area contributed by atoms with E-state index in [1.807, 2.05) is 0 Å². The third-order valence-electron chi connectivity index (χ3n) is 3.07. The second-order valence-electron chi connectivity index (χ2n) is 5.86. The topological polar surface area (TPSA) is 87.1 Å². The lowest BCUT2D eigenvalue weighted by molar-refractivity contribution is -0.128. The van der Waals surface area contributed by atoms with Crippen LogP contribution in [0.4, 0.5) is 4.79 Å². The zero-order chi connectivity index (χ0) is 15.5. The molecule has 0 aromatic carbocycles. The Kier molecular flexibility index (Phi) is 5.15. The van der Waals surface area contributed by atoms with Gasteiger partial charge in [0.15, 0.2) is 5.78 Å². The van der Waals surface area contributed by atoms with E-state index in [0.717, 1.165) is 4.90 Å². The van der Waals surface area contributed by atoms with Gasteiger partial charge in [-0.3, -0.25) is 9.69 Å². The molecule has 6 heteroatoms. The molecule has 0 unspecified atom stereocenters. The van der Waals surface area contributed by atoms with Crippen LogP contribution in [-0.2, 0) is 9.53 Å². The Morgan fingerprint density at radius 3 is 2.50 bits per heavy atom. The highest BCUT2D eigenvalue weighted by atomic mass is 16.6. The maximum Gasteiger partial charge on any atom is 0.411 e. The lowest BCUT2D eigenvalue weighted by atomic mass is 9.97. The third kappa shape index (κ3) is 3.71. The van der Waals surface area contributed by atoms with Crippen LogP contribution >= 0.6 is 0 Å². The molecule has 1 saturated heterocycles. The predicted octanol–water partition coefficient (Wildman–Crippen LogP) is 0.167. The maximum atomic E-state index is 12.1. The standard InChI is InChI=1S/C14H21NO5/c1-5-6-9-7-15(13(19)20-14(2,3)4)11(12(9)18)10(17)8-16/h1,9,11-12,16,18H,6-8H2,2-4H3/t9-,11+,12+/m0/s1. The summed E-state index contributed by atoms with van der Waals surface area (Å²) in [6.45, 7) is 4.51. The SMILES string of the molecule is C#CC[C@H]1CN(C(=O)OC(C)(C)C)[C@H](C(=O)CO)[C@@H]1O. The van der Waals surface area contributed by atoms with Crippen molar-refractivity contribution < 1.29 is 24.5 Å². The van der Waals surface area contributed by atoms with Crippen molar-refractivity contribution in [2.75, 3.05) is 13.2 Å². The number of carbonyl (C=O) groups excluding carboxylic acids is 2. The molecule has 0 aromatic heterocycles. The molecule has 1 rings (SSSR count). The average molecular weight is 283 g/mol. The first-order valence-electron chi connectivity index (χ1n) is 6.46. The number of hydrogen-bond acceptors (Lipinski definition) is 5. The molecule has 1 heterocycles. The first-order valence-corrected chi connectivity index (χ1v) is 6.46. The largest absolute Gasteiger partial charge is 0.444 e. The van der Waals surface area contributed by atoms with E-state index in [1.165, 1.54) is 0 Å². The quantitative estimate of drug-likeness (QED) is 0.721. The number of ether oxygens (including phenoxy) is 1. The van der Waals surface area contributed by atoms with E-state index >= 15 is 0 Å². The van der Waals surface area contributed by atoms with E-state index in [9.17, 15) is 14.7 Å². The molecule has 0 bridgehead atoms. The molecule has 0 aliphatic carbocycles. The highest BCUT2D eigenvalue weighted by Crippen LogP contribution is 2.28. The molecule has 1 amide bonds. The van der Waals surface area contributed by atoms with Crippen LogP contribution in [-0.4, -0.2) is 57.9 Å². The van der Waals surface area contributed by atoms with Crippen molar-refractivity contribution in [3.8, 4) is 12.3 Å². The Hall–Kier alpha value is -1.58. The fraction of sp³-hybridized carbons (Fsp3) is 0.714. The fourth-order valence-corrected chi connectivity index (χ4v) is 2.22. The summed E-state index contributed by atoms with van der Waals surface area (Å²) in [4.78, 5) is 25.0. The molecule has 1 aliphatic rings. The highest BCUT2D eigenvalue weighted by Gasteiger charge is 2.47. The van der Waals surface area contributed by atoms with Crippen LogP contribution in [0.3, 0.4) is 0 Å². The van der Waals surface area contributed by atoms with E-state index in [2.05, 4.69) is 5.92 Å². The van der Waals surface area contributed by atoms with Crippen molar-refractivity contribution in [1.29, 1.82) is 0 Å². The summed E-state index contributed by atoms with van der Waals surface area (Å²) >= 11 is 0. The fourth-order valence-electron chi connectivity index (χ4n) is 2.22. The summed E-state index contributed by atoms with van der Waals surface area (Å²) in [5, 5.41) is 19.1. The smallest absolute Gasteiger partial charge is 0.411 e. The van der Waals surface area contributed by atoms with Crippen molar-refractivity contribution in [1.82, 2.24) is 4.90 Å². The van der Waals surface area contributed by atoms with Crippen LogP contribution in [0, 0.1) is 18.3 Å². The van der Waals surface area contributed by atoms with Crippen molar-refractivity contribution in [3.63, 3.8) is 0 Å². The van der Waals surface area contributed by atoms with Gasteiger partial charge in [-0.1, -0.05) is 0 Å². The molecule has 0 saturated carbocycles. The zero-order valence-corrected chi connectivity index (χ0v) is 12.0. The van der Waals surface area contributed by atoms with Gasteiger partial charge >= 0.3 is 6.09 Å². The molecule has 3 atom stereocenters. The van der Waals surface area contributed by atoms with Gasteiger partial charge in [0.25, 0.3) is 0 Å². The molecule has 0 aromatic rings. The molecule has 1 fully saturated rings. The van der Waals surface area contributed by atoms with E-state index in [0.29, 0.717) is 0 Å². The van der Waals surface area contributed by atoms with Crippen molar-refractivity contribution in [3.05, 3.63) is 0 Å². The van der Waals surface area contributed by atoms with Crippen molar-refractivity contribution in [2.24, 2.45) is 5.92 Å². The van der Waals surface area contributed by atoms with Gasteiger partial charge in [-0.2, -0.15) is 0 Å². The number of ketones is 1. The van der Waals surface area contributed by atoms with Gasteiger partial charge in [0.1, 0.15) is 18.2 Å². The van der Waals surface area contributed by atoms with Crippen LogP contribution in [0.5, 0.6) is 0 Å². The molecule has 0 radical (unpaired) electrons. The molecule has 6 nitrogen and oxygen atoms in total. The molecular weight excluding hydrogens is 262 g/mol. The Morgan fingerprint density at radius 1 is 1.45 bits per heavy atom. The summed E-state index contributed by atoms with van der Waals surface area (Å²) in [5.74, 6) is 1.40. The minimum Gasteiger partial charge on any atom is -0.444 e. The lowest BCUT2D eigenvalue weighted by Gasteiger charge is -2.28. The maximum absolute atomic E-state index is 12.1. The Bertz CT molecular complexity index is 420. The minimum atomic E-state index is -1.10. The number of amides is 1. The summed E-state index contributed by atoms with van der Waals surface area (Å²) in [6, 6.07) is -1.10. The molecule has 20 heavy (non-hydrogen) atoms. The van der Waals surface area contributed by atoms with Crippen molar-refractivity contribution in [2.45, 2.75) is 44.9 Å². The van der Waals surface area contributed by atoms with E-state index < -0.39 is 42.1 Å². The van der Waals surface area contributed by atoms with Gasteiger partial charge in [0, 0.05) is 18.9 Å². The number of aliphatic hydroxyl groups is 2. The van der Waals surface area contributed by atoms with E-state index in [-0.39, 0.29) is 13.0 Å². The molecular formula is C14H21NO5. The number of hydrogen-bond donors (Lipinski definition) is 2. The second kappa shape index (κ2) is 6.25. The van der Waals surface area contributed by atoms with Crippen LogP contribution in [0.2, 0.25) is 0 Å². The van der Waals surface area contributed by atoms with Crippen LogP contribution in [0.25, 0.3) is 0 Å². The third-order valence-corrected chi connectivity index (χ3v) is 3.07. The van der Waals surface area contributed by atoms with Gasteiger partial charge in [-0.05, 0) is 20.8 Å². The van der Waals surface area contributed by atoms with Gasteiger partial charge in [0.05, 0.1) is 6.10 Å². The number of likely N-dealkylation sites (tertiary alicyclic amines) is 1. The minimum absolute atomic E-state index is 0.136. The van der Waals surface area contributed by atoms with Crippen molar-refractivity contribution >= 4 is 11.9 Å². The van der Waals surface area contributed by atoms with Gasteiger partial charge in [-0.25, -0.2) is 4.79 Å². The number of Topliss-reactive ketones (excluding diaryl/α,β-unsaturated/α-hetero) is 1. The second-order valence-corrected chi connectivity index (χ2v) is 5.86. The summed E-state index contributed by atoms with van der Waals surface area (Å²) in [5.41, 5.74) is -0.709. The zero-order valence-electron chi connectivity index (χ0n) is 12.0. The van der Waals surface area contributed by atoms with Crippen LogP contribution < -0.4 is 0 Å². The lowest BCUT2D eigenvalue weighted by Crippen LogP contribution is -2.48. The monoisotopic (exact) mass is 283 g/mol.